The molecule has 0 bridgehead atoms. The molecule has 0 radical (unpaired) electrons. The fourth-order valence-electron chi connectivity index (χ4n) is 10.7. The van der Waals surface area contributed by atoms with Crippen LogP contribution < -0.4 is 0 Å². The highest BCUT2D eigenvalue weighted by molar-refractivity contribution is 6.13. The fraction of sp³-hybridized carbons (Fsp3) is 0.0290. The van der Waals surface area contributed by atoms with Gasteiger partial charge in [-0.15, -0.1) is 0 Å². The molecule has 0 aliphatic carbocycles. The van der Waals surface area contributed by atoms with E-state index in [0.29, 0.717) is 62.0 Å². The average molecular weight is 1030 g/mol. The topological polar surface area (TPSA) is 149 Å². The van der Waals surface area contributed by atoms with Crippen LogP contribution in [-0.4, -0.2) is 36.0 Å². The highest BCUT2D eigenvalue weighted by atomic mass is 16.5. The summed E-state index contributed by atoms with van der Waals surface area (Å²) in [7, 11) is 0. The summed E-state index contributed by atoms with van der Waals surface area (Å²) in [5.41, 5.74) is 11.3. The second-order valence-electron chi connectivity index (χ2n) is 19.2. The van der Waals surface area contributed by atoms with Crippen molar-refractivity contribution in [1.29, 1.82) is 10.5 Å². The first-order chi connectivity index (χ1) is 39.4. The van der Waals surface area contributed by atoms with Gasteiger partial charge in [-0.3, -0.25) is 0 Å². The summed E-state index contributed by atoms with van der Waals surface area (Å²) < 4.78 is 15.8. The van der Waals surface area contributed by atoms with Crippen molar-refractivity contribution in [2.45, 2.75) is 13.2 Å². The second kappa shape index (κ2) is 20.7. The van der Waals surface area contributed by atoms with Crippen molar-refractivity contribution in [2.24, 2.45) is 0 Å². The molecular formula is C69H43N7O4. The minimum atomic E-state index is -0.449. The highest BCUT2D eigenvalue weighted by Crippen LogP contribution is 2.43. The van der Waals surface area contributed by atoms with Crippen LogP contribution in [0.1, 0.15) is 43.0 Å². The molecule has 0 saturated heterocycles. The van der Waals surface area contributed by atoms with Gasteiger partial charge in [0, 0.05) is 27.1 Å². The maximum atomic E-state index is 13.7. The minimum Gasteiger partial charge on any atom is -0.457 e. The molecule has 11 heteroatoms. The molecule has 0 amide bonds. The van der Waals surface area contributed by atoms with E-state index in [-0.39, 0.29) is 19.0 Å². The van der Waals surface area contributed by atoms with E-state index in [4.69, 9.17) is 24.4 Å². The van der Waals surface area contributed by atoms with E-state index in [1.165, 1.54) is 0 Å². The van der Waals surface area contributed by atoms with E-state index in [1.54, 1.807) is 24.3 Å². The molecule has 0 N–H and O–H groups in total. The molecule has 13 rings (SSSR count). The standard InChI is InChI=1S/C69H43N7O4/c70-40-46-21-14-24-48(37-46)52-28-16-32-62(76-58-30-13-11-27-54(58)56-39-50(34-36-60(56)76)69(78)80-43-45-19-6-2-7-20-45)64(52)67-73-65(47-22-8-3-9-23-47)72-66(74-67)63-51(41-71)25-15-31-61(63)75-57-29-12-10-26-53(57)55-38-49(33-35-59(55)75)68(77)79-42-44-17-4-1-5-18-44/h1-39H,42-43H2. The van der Waals surface area contributed by atoms with Gasteiger partial charge < -0.3 is 18.6 Å². The third-order valence-corrected chi connectivity index (χ3v) is 14.3. The number of nitriles is 2. The Hall–Kier alpha value is -11.3. The molecule has 0 fully saturated rings. The molecule has 0 saturated carbocycles. The number of fused-ring (bicyclic) bond motifs is 6. The maximum absolute atomic E-state index is 13.7. The number of benzene rings is 10. The van der Waals surface area contributed by atoms with Crippen LogP contribution in [0.3, 0.4) is 0 Å². The fourth-order valence-corrected chi connectivity index (χ4v) is 10.7. The average Bonchev–Trinajstić information content (AvgIpc) is 4.27. The Morgan fingerprint density at radius 2 is 0.863 bits per heavy atom. The lowest BCUT2D eigenvalue weighted by molar-refractivity contribution is 0.0464. The summed E-state index contributed by atoms with van der Waals surface area (Å²) in [6.07, 6.45) is 0. The minimum absolute atomic E-state index is 0.133. The van der Waals surface area contributed by atoms with Crippen LogP contribution in [0.15, 0.2) is 237 Å². The van der Waals surface area contributed by atoms with Gasteiger partial charge in [0.05, 0.1) is 79.0 Å². The van der Waals surface area contributed by atoms with Gasteiger partial charge in [-0.1, -0.05) is 158 Å². The number of nitrogens with zero attached hydrogens (tertiary/aromatic N) is 7. The summed E-state index contributed by atoms with van der Waals surface area (Å²) in [5.74, 6) is 0.00182. The number of hydrogen-bond acceptors (Lipinski definition) is 9. The predicted octanol–water partition coefficient (Wildman–Crippen LogP) is 15.2. The maximum Gasteiger partial charge on any atom is 0.338 e. The Morgan fingerprint density at radius 3 is 1.43 bits per heavy atom. The predicted molar refractivity (Wildman–Crippen MR) is 311 cm³/mol. The Morgan fingerprint density at radius 1 is 0.400 bits per heavy atom. The lowest BCUT2D eigenvalue weighted by Crippen LogP contribution is -2.08. The Kier molecular flexibility index (Phi) is 12.5. The Bertz CT molecular complexity index is 4670. The van der Waals surface area contributed by atoms with Crippen LogP contribution in [0.2, 0.25) is 0 Å². The summed E-state index contributed by atoms with van der Waals surface area (Å²) in [5, 5.41) is 24.8. The van der Waals surface area contributed by atoms with Gasteiger partial charge in [0.25, 0.3) is 0 Å². The summed E-state index contributed by atoms with van der Waals surface area (Å²) in [6.45, 7) is 0.267. The van der Waals surface area contributed by atoms with Gasteiger partial charge >= 0.3 is 11.9 Å². The van der Waals surface area contributed by atoms with Crippen LogP contribution in [0.25, 0.3) is 100 Å². The number of aromatic nitrogens is 5. The Labute approximate surface area is 459 Å². The van der Waals surface area contributed by atoms with Crippen LogP contribution in [0.5, 0.6) is 0 Å². The number of carbonyl (C=O) groups excluding carboxylic acids is 2. The van der Waals surface area contributed by atoms with E-state index in [1.807, 2.05) is 212 Å². The molecule has 3 heterocycles. The van der Waals surface area contributed by atoms with Crippen molar-refractivity contribution < 1.29 is 19.1 Å². The van der Waals surface area contributed by atoms with Gasteiger partial charge in [0.2, 0.25) is 0 Å². The number of ether oxygens (including phenoxy) is 2. The zero-order valence-corrected chi connectivity index (χ0v) is 42.7. The molecule has 10 aromatic carbocycles. The third-order valence-electron chi connectivity index (χ3n) is 14.3. The van der Waals surface area contributed by atoms with E-state index >= 15 is 0 Å². The number of para-hydroxylation sites is 2. The second-order valence-corrected chi connectivity index (χ2v) is 19.2. The van der Waals surface area contributed by atoms with Crippen molar-refractivity contribution in [3.63, 3.8) is 0 Å². The number of esters is 2. The lowest BCUT2D eigenvalue weighted by Gasteiger charge is -2.19. The molecular weight excluding hydrogens is 991 g/mol. The first-order valence-corrected chi connectivity index (χ1v) is 25.9. The first-order valence-electron chi connectivity index (χ1n) is 25.9. The molecule has 0 unspecified atom stereocenters. The normalized spacial score (nSPS) is 11.2. The zero-order valence-electron chi connectivity index (χ0n) is 42.7. The monoisotopic (exact) mass is 1030 g/mol. The zero-order chi connectivity index (χ0) is 54.1. The molecule has 378 valence electrons. The molecule has 0 aliphatic heterocycles. The summed E-state index contributed by atoms with van der Waals surface area (Å²) in [4.78, 5) is 43.5. The highest BCUT2D eigenvalue weighted by Gasteiger charge is 2.27. The van der Waals surface area contributed by atoms with Gasteiger partial charge in [0.15, 0.2) is 17.5 Å². The van der Waals surface area contributed by atoms with Gasteiger partial charge in [-0.25, -0.2) is 24.5 Å². The smallest absolute Gasteiger partial charge is 0.338 e. The van der Waals surface area contributed by atoms with Crippen molar-refractivity contribution in [1.82, 2.24) is 24.1 Å². The first kappa shape index (κ1) is 48.4. The number of hydrogen-bond donors (Lipinski definition) is 0. The molecule has 0 aliphatic rings. The molecule has 13 aromatic rings. The van der Waals surface area contributed by atoms with Gasteiger partial charge in [-0.2, -0.15) is 10.5 Å². The van der Waals surface area contributed by atoms with Crippen molar-refractivity contribution in [3.8, 4) is 68.8 Å². The molecule has 0 spiro atoms. The van der Waals surface area contributed by atoms with Crippen molar-refractivity contribution in [3.05, 3.63) is 270 Å². The SMILES string of the molecule is N#Cc1cccc(-c2cccc(-n3c4ccccc4c4cc(C(=O)OCc5ccccc5)ccc43)c2-c2nc(-c3ccccc3)nc(-c3c(C#N)cccc3-n3c4ccccc4c4cc(C(=O)OCc5ccccc5)ccc43)n2)c1. The van der Waals surface area contributed by atoms with E-state index in [0.717, 1.165) is 65.9 Å². The molecule has 0 atom stereocenters. The molecule has 80 heavy (non-hydrogen) atoms. The summed E-state index contributed by atoms with van der Waals surface area (Å²) in [6, 6.07) is 79.7. The largest absolute Gasteiger partial charge is 0.457 e. The van der Waals surface area contributed by atoms with E-state index in [9.17, 15) is 20.1 Å². The molecule has 3 aromatic heterocycles. The van der Waals surface area contributed by atoms with Crippen LogP contribution in [0.4, 0.5) is 0 Å². The quantitative estimate of drug-likeness (QED) is 0.109. The van der Waals surface area contributed by atoms with Gasteiger partial charge in [0.1, 0.15) is 13.2 Å². The number of carbonyl (C=O) groups is 2. The summed E-state index contributed by atoms with van der Waals surface area (Å²) >= 11 is 0. The van der Waals surface area contributed by atoms with Crippen LogP contribution in [-0.2, 0) is 22.7 Å². The number of rotatable bonds is 12. The van der Waals surface area contributed by atoms with Crippen LogP contribution >= 0.6 is 0 Å². The van der Waals surface area contributed by atoms with E-state index in [2.05, 4.69) is 21.3 Å². The van der Waals surface area contributed by atoms with Crippen molar-refractivity contribution in [2.75, 3.05) is 0 Å². The lowest BCUT2D eigenvalue weighted by atomic mass is 9.95. The Balaban J connectivity index is 1.03. The van der Waals surface area contributed by atoms with Crippen molar-refractivity contribution >= 4 is 55.6 Å². The van der Waals surface area contributed by atoms with Crippen LogP contribution in [0, 0.1) is 22.7 Å². The third kappa shape index (κ3) is 8.83. The van der Waals surface area contributed by atoms with E-state index < -0.39 is 11.9 Å². The van der Waals surface area contributed by atoms with Gasteiger partial charge in [-0.05, 0) is 101 Å². The molecule has 11 nitrogen and oxygen atoms in total.